The van der Waals surface area contributed by atoms with E-state index in [1.54, 1.807) is 0 Å². The van der Waals surface area contributed by atoms with Gasteiger partial charge in [0.2, 0.25) is 0 Å². The van der Waals surface area contributed by atoms with Crippen molar-refractivity contribution >= 4 is 11.6 Å². The number of carbonyl (C=O) groups is 1. The van der Waals surface area contributed by atoms with E-state index in [-0.39, 0.29) is 11.6 Å². The van der Waals surface area contributed by atoms with Gasteiger partial charge in [0, 0.05) is 18.8 Å². The van der Waals surface area contributed by atoms with Crippen molar-refractivity contribution in [1.29, 1.82) is 0 Å². The molecule has 0 saturated carbocycles. The lowest BCUT2D eigenvalue weighted by Crippen LogP contribution is -2.37. The summed E-state index contributed by atoms with van der Waals surface area (Å²) >= 11 is 0. The van der Waals surface area contributed by atoms with Crippen LogP contribution in [0.2, 0.25) is 0 Å². The minimum absolute atomic E-state index is 0.176. The number of anilines is 1. The molecule has 19 heavy (non-hydrogen) atoms. The molecule has 1 fully saturated rings. The maximum Gasteiger partial charge on any atom is 0.253 e. The monoisotopic (exact) mass is 265 g/mol. The van der Waals surface area contributed by atoms with E-state index in [2.05, 4.69) is 10.2 Å². The Balaban J connectivity index is 1.80. The van der Waals surface area contributed by atoms with Gasteiger partial charge in [0.25, 0.3) is 5.91 Å². The Morgan fingerprint density at radius 1 is 1.32 bits per heavy atom. The second kappa shape index (κ2) is 6.52. The van der Waals surface area contributed by atoms with Gasteiger partial charge >= 0.3 is 0 Å². The number of likely N-dealkylation sites (tertiary alicyclic amines) is 1. The molecule has 1 aromatic carbocycles. The summed E-state index contributed by atoms with van der Waals surface area (Å²) < 4.78 is 12.9. The topological polar surface area (TPSA) is 58.4 Å². The molecule has 5 heteroatoms. The molecule has 1 heterocycles. The fourth-order valence-corrected chi connectivity index (χ4v) is 2.35. The molecule has 0 spiro atoms. The molecule has 1 aromatic rings. The molecule has 4 nitrogen and oxygen atoms in total. The first-order valence-corrected chi connectivity index (χ1v) is 6.72. The molecule has 3 N–H and O–H groups in total. The molecule has 0 radical (unpaired) electrons. The van der Waals surface area contributed by atoms with Gasteiger partial charge in [-0.1, -0.05) is 6.42 Å². The molecule has 0 unspecified atom stereocenters. The van der Waals surface area contributed by atoms with Gasteiger partial charge in [-0.2, -0.15) is 0 Å². The van der Waals surface area contributed by atoms with Crippen molar-refractivity contribution in [2.75, 3.05) is 31.9 Å². The molecule has 0 atom stereocenters. The molecule has 1 saturated heterocycles. The van der Waals surface area contributed by atoms with Crippen LogP contribution in [0.3, 0.4) is 0 Å². The van der Waals surface area contributed by atoms with Crippen LogP contribution in [0.5, 0.6) is 0 Å². The number of hydrogen-bond acceptors (Lipinski definition) is 3. The van der Waals surface area contributed by atoms with Gasteiger partial charge in [-0.05, 0) is 44.1 Å². The summed E-state index contributed by atoms with van der Waals surface area (Å²) in [6.45, 7) is 3.66. The van der Waals surface area contributed by atoms with Gasteiger partial charge < -0.3 is 16.0 Å². The molecule has 2 rings (SSSR count). The summed E-state index contributed by atoms with van der Waals surface area (Å²) in [6.07, 6.45) is 3.77. The van der Waals surface area contributed by atoms with Gasteiger partial charge in [0.1, 0.15) is 5.82 Å². The van der Waals surface area contributed by atoms with Crippen molar-refractivity contribution in [3.63, 3.8) is 0 Å². The van der Waals surface area contributed by atoms with Crippen molar-refractivity contribution in [2.24, 2.45) is 0 Å². The van der Waals surface area contributed by atoms with E-state index in [9.17, 15) is 9.18 Å². The number of rotatable bonds is 4. The Bertz CT molecular complexity index is 444. The third kappa shape index (κ3) is 3.92. The van der Waals surface area contributed by atoms with E-state index in [0.29, 0.717) is 12.1 Å². The van der Waals surface area contributed by atoms with Crippen molar-refractivity contribution in [3.8, 4) is 0 Å². The van der Waals surface area contributed by atoms with Crippen molar-refractivity contribution in [3.05, 3.63) is 29.6 Å². The standard InChI is InChI=1S/C14H20FN3O/c15-11-4-5-12(13(16)10-11)14(19)17-6-9-18-7-2-1-3-8-18/h4-5,10H,1-3,6-9,16H2,(H,17,19). The number of nitrogens with one attached hydrogen (secondary N) is 1. The third-order valence-electron chi connectivity index (χ3n) is 3.42. The van der Waals surface area contributed by atoms with Crippen molar-refractivity contribution < 1.29 is 9.18 Å². The highest BCUT2D eigenvalue weighted by atomic mass is 19.1. The molecule has 1 aliphatic rings. The van der Waals surface area contributed by atoms with Crippen LogP contribution in [0.25, 0.3) is 0 Å². The molecule has 1 amide bonds. The zero-order chi connectivity index (χ0) is 13.7. The van der Waals surface area contributed by atoms with E-state index in [0.717, 1.165) is 19.6 Å². The first kappa shape index (κ1) is 13.8. The SMILES string of the molecule is Nc1cc(F)ccc1C(=O)NCCN1CCCCC1. The van der Waals surface area contributed by atoms with Crippen LogP contribution < -0.4 is 11.1 Å². The predicted octanol–water partition coefficient (Wildman–Crippen LogP) is 1.62. The Kier molecular flexibility index (Phi) is 4.74. The van der Waals surface area contributed by atoms with Gasteiger partial charge in [-0.15, -0.1) is 0 Å². The van der Waals surface area contributed by atoms with E-state index < -0.39 is 5.82 Å². The molecular weight excluding hydrogens is 245 g/mol. The highest BCUT2D eigenvalue weighted by Gasteiger charge is 2.12. The Labute approximate surface area is 112 Å². The van der Waals surface area contributed by atoms with Gasteiger partial charge in [0.15, 0.2) is 0 Å². The highest BCUT2D eigenvalue weighted by Crippen LogP contribution is 2.13. The number of nitrogen functional groups attached to an aromatic ring is 1. The molecule has 0 aromatic heterocycles. The maximum absolute atomic E-state index is 12.9. The van der Waals surface area contributed by atoms with E-state index in [1.807, 2.05) is 0 Å². The number of piperidine rings is 1. The number of amides is 1. The number of hydrogen-bond donors (Lipinski definition) is 2. The Morgan fingerprint density at radius 3 is 2.74 bits per heavy atom. The molecule has 1 aliphatic heterocycles. The number of benzene rings is 1. The maximum atomic E-state index is 12.9. The average molecular weight is 265 g/mol. The van der Waals surface area contributed by atoms with E-state index >= 15 is 0 Å². The molecule has 0 aliphatic carbocycles. The highest BCUT2D eigenvalue weighted by molar-refractivity contribution is 5.99. The van der Waals surface area contributed by atoms with Crippen molar-refractivity contribution in [1.82, 2.24) is 10.2 Å². The smallest absolute Gasteiger partial charge is 0.253 e. The molecule has 0 bridgehead atoms. The average Bonchev–Trinajstić information content (AvgIpc) is 2.39. The fourth-order valence-electron chi connectivity index (χ4n) is 2.35. The summed E-state index contributed by atoms with van der Waals surface area (Å²) in [5.41, 5.74) is 6.14. The zero-order valence-corrected chi connectivity index (χ0v) is 11.0. The second-order valence-corrected chi connectivity index (χ2v) is 4.89. The third-order valence-corrected chi connectivity index (χ3v) is 3.42. The van der Waals surface area contributed by atoms with Crippen LogP contribution in [-0.2, 0) is 0 Å². The largest absolute Gasteiger partial charge is 0.398 e. The first-order chi connectivity index (χ1) is 9.16. The van der Waals surface area contributed by atoms with E-state index in [1.165, 1.54) is 37.5 Å². The van der Waals surface area contributed by atoms with Crippen LogP contribution in [0, 0.1) is 5.82 Å². The van der Waals surface area contributed by atoms with Gasteiger partial charge in [-0.3, -0.25) is 4.79 Å². The molecule has 104 valence electrons. The lowest BCUT2D eigenvalue weighted by molar-refractivity contribution is 0.0947. The first-order valence-electron chi connectivity index (χ1n) is 6.72. The minimum Gasteiger partial charge on any atom is -0.398 e. The fraction of sp³-hybridized carbons (Fsp3) is 0.500. The number of carbonyl (C=O) groups excluding carboxylic acids is 1. The Morgan fingerprint density at radius 2 is 2.05 bits per heavy atom. The van der Waals surface area contributed by atoms with Crippen LogP contribution >= 0.6 is 0 Å². The minimum atomic E-state index is -0.428. The molecular formula is C14H20FN3O. The van der Waals surface area contributed by atoms with Crippen LogP contribution in [0.4, 0.5) is 10.1 Å². The summed E-state index contributed by atoms with van der Waals surface area (Å²) in [4.78, 5) is 14.2. The number of nitrogens with two attached hydrogens (primary N) is 1. The second-order valence-electron chi connectivity index (χ2n) is 4.89. The normalized spacial score (nSPS) is 16.3. The lowest BCUT2D eigenvalue weighted by atomic mass is 10.1. The van der Waals surface area contributed by atoms with Crippen LogP contribution in [-0.4, -0.2) is 37.0 Å². The summed E-state index contributed by atoms with van der Waals surface area (Å²) in [6, 6.07) is 3.83. The zero-order valence-electron chi connectivity index (χ0n) is 11.0. The Hall–Kier alpha value is -1.62. The predicted molar refractivity (Wildman–Crippen MR) is 73.4 cm³/mol. The van der Waals surface area contributed by atoms with Crippen molar-refractivity contribution in [2.45, 2.75) is 19.3 Å². The van der Waals surface area contributed by atoms with Gasteiger partial charge in [0.05, 0.1) is 5.56 Å². The van der Waals surface area contributed by atoms with Crippen LogP contribution in [0.1, 0.15) is 29.6 Å². The van der Waals surface area contributed by atoms with E-state index in [4.69, 9.17) is 5.73 Å². The van der Waals surface area contributed by atoms with Gasteiger partial charge in [-0.25, -0.2) is 4.39 Å². The summed E-state index contributed by atoms with van der Waals surface area (Å²) in [7, 11) is 0. The number of halogens is 1. The quantitative estimate of drug-likeness (QED) is 0.813. The lowest BCUT2D eigenvalue weighted by Gasteiger charge is -2.26. The summed E-state index contributed by atoms with van der Waals surface area (Å²) in [5.74, 6) is -0.670. The van der Waals surface area contributed by atoms with Crippen LogP contribution in [0.15, 0.2) is 18.2 Å². The number of nitrogens with zero attached hydrogens (tertiary/aromatic N) is 1. The summed E-state index contributed by atoms with van der Waals surface area (Å²) in [5, 5.41) is 2.82.